The maximum Gasteiger partial charge on any atom is 0.224 e. The van der Waals surface area contributed by atoms with Crippen molar-refractivity contribution in [1.82, 2.24) is 19.6 Å². The van der Waals surface area contributed by atoms with Crippen molar-refractivity contribution < 1.29 is 9.21 Å². The number of rotatable bonds is 5. The summed E-state index contributed by atoms with van der Waals surface area (Å²) in [6.07, 6.45) is 4.11. The van der Waals surface area contributed by atoms with Gasteiger partial charge >= 0.3 is 0 Å². The lowest BCUT2D eigenvalue weighted by molar-refractivity contribution is -0.133. The van der Waals surface area contributed by atoms with E-state index in [1.54, 1.807) is 6.26 Å². The lowest BCUT2D eigenvalue weighted by Crippen LogP contribution is -2.48. The van der Waals surface area contributed by atoms with Gasteiger partial charge in [0.25, 0.3) is 0 Å². The van der Waals surface area contributed by atoms with Gasteiger partial charge in [-0.3, -0.25) is 14.4 Å². The van der Waals surface area contributed by atoms with Crippen molar-refractivity contribution in [2.45, 2.75) is 26.4 Å². The standard InChI is InChI=1S/C16H21BrN4O2/c1-13-15(17)12-21(18-13)5-4-16(22)20-8-6-19(7-9-20)11-14-3-2-10-23-14/h2-3,10,12H,4-9,11H2,1H3. The summed E-state index contributed by atoms with van der Waals surface area (Å²) < 4.78 is 8.18. The fourth-order valence-corrected chi connectivity index (χ4v) is 3.07. The molecular formula is C16H21BrN4O2. The van der Waals surface area contributed by atoms with Crippen LogP contribution in [0.25, 0.3) is 0 Å². The first-order valence-electron chi connectivity index (χ1n) is 7.84. The van der Waals surface area contributed by atoms with Gasteiger partial charge < -0.3 is 9.32 Å². The predicted octanol–water partition coefficient (Wildman–Crippen LogP) is 2.28. The number of carbonyl (C=O) groups excluding carboxylic acids is 1. The molecule has 0 atom stereocenters. The third-order valence-electron chi connectivity index (χ3n) is 4.13. The second-order valence-corrected chi connectivity index (χ2v) is 6.67. The van der Waals surface area contributed by atoms with Crippen LogP contribution in [-0.4, -0.2) is 51.7 Å². The first kappa shape index (κ1) is 16.3. The van der Waals surface area contributed by atoms with Crippen molar-refractivity contribution in [3.63, 3.8) is 0 Å². The number of hydrogen-bond acceptors (Lipinski definition) is 4. The Kier molecular flexibility index (Phi) is 5.17. The van der Waals surface area contributed by atoms with Crippen LogP contribution in [0, 0.1) is 6.92 Å². The van der Waals surface area contributed by atoms with Gasteiger partial charge in [-0.1, -0.05) is 0 Å². The molecule has 0 saturated carbocycles. The van der Waals surface area contributed by atoms with Crippen LogP contribution in [0.5, 0.6) is 0 Å². The van der Waals surface area contributed by atoms with Crippen LogP contribution in [0.3, 0.4) is 0 Å². The monoisotopic (exact) mass is 380 g/mol. The number of aromatic nitrogens is 2. The number of aryl methyl sites for hydroxylation is 2. The van der Waals surface area contributed by atoms with Gasteiger partial charge in [-0.05, 0) is 35.0 Å². The smallest absolute Gasteiger partial charge is 0.224 e. The Hall–Kier alpha value is -1.60. The molecule has 0 N–H and O–H groups in total. The Balaban J connectivity index is 1.42. The number of halogens is 1. The summed E-state index contributed by atoms with van der Waals surface area (Å²) in [6.45, 7) is 6.72. The largest absolute Gasteiger partial charge is 0.468 e. The molecular weight excluding hydrogens is 360 g/mol. The number of carbonyl (C=O) groups is 1. The maximum absolute atomic E-state index is 12.3. The van der Waals surface area contributed by atoms with Crippen LogP contribution in [0.2, 0.25) is 0 Å². The van der Waals surface area contributed by atoms with Gasteiger partial charge in [-0.25, -0.2) is 0 Å². The molecule has 23 heavy (non-hydrogen) atoms. The Labute approximate surface area is 144 Å². The van der Waals surface area contributed by atoms with E-state index in [4.69, 9.17) is 4.42 Å². The molecule has 0 spiro atoms. The van der Waals surface area contributed by atoms with Crippen LogP contribution in [0.1, 0.15) is 17.9 Å². The molecule has 1 aliphatic rings. The lowest BCUT2D eigenvalue weighted by atomic mass is 10.2. The highest BCUT2D eigenvalue weighted by molar-refractivity contribution is 9.10. The second kappa shape index (κ2) is 7.31. The molecule has 1 fully saturated rings. The van der Waals surface area contributed by atoms with E-state index < -0.39 is 0 Å². The molecule has 6 nitrogen and oxygen atoms in total. The van der Waals surface area contributed by atoms with Crippen molar-refractivity contribution >= 4 is 21.8 Å². The minimum absolute atomic E-state index is 0.201. The number of amides is 1. The van der Waals surface area contributed by atoms with E-state index in [0.29, 0.717) is 13.0 Å². The molecule has 2 aromatic heterocycles. The molecule has 0 aliphatic carbocycles. The minimum atomic E-state index is 0.201. The van der Waals surface area contributed by atoms with Crippen molar-refractivity contribution in [1.29, 1.82) is 0 Å². The first-order chi connectivity index (χ1) is 11.1. The van der Waals surface area contributed by atoms with E-state index in [9.17, 15) is 4.79 Å². The average molecular weight is 381 g/mol. The van der Waals surface area contributed by atoms with Gasteiger partial charge in [0.15, 0.2) is 0 Å². The van der Waals surface area contributed by atoms with Crippen molar-refractivity contribution in [2.24, 2.45) is 0 Å². The summed E-state index contributed by atoms with van der Waals surface area (Å²) in [5, 5.41) is 4.36. The van der Waals surface area contributed by atoms with Crippen LogP contribution in [0.4, 0.5) is 0 Å². The number of furan rings is 1. The van der Waals surface area contributed by atoms with Gasteiger partial charge in [0.05, 0.1) is 23.0 Å². The molecule has 1 aliphatic heterocycles. The molecule has 0 bridgehead atoms. The summed E-state index contributed by atoms with van der Waals surface area (Å²) in [6, 6.07) is 3.90. The number of hydrogen-bond donors (Lipinski definition) is 0. The highest BCUT2D eigenvalue weighted by atomic mass is 79.9. The summed E-state index contributed by atoms with van der Waals surface area (Å²) in [5.41, 5.74) is 0.948. The van der Waals surface area contributed by atoms with Crippen LogP contribution >= 0.6 is 15.9 Å². The SMILES string of the molecule is Cc1nn(CCC(=O)N2CCN(Cc3ccco3)CC2)cc1Br. The molecule has 3 heterocycles. The Bertz CT molecular complexity index is 626. The Morgan fingerprint density at radius 2 is 2.13 bits per heavy atom. The summed E-state index contributed by atoms with van der Waals surface area (Å²) in [5.74, 6) is 1.18. The number of piperazine rings is 1. The normalized spacial score (nSPS) is 16.0. The number of nitrogens with zero attached hydrogens (tertiary/aromatic N) is 4. The Morgan fingerprint density at radius 1 is 1.35 bits per heavy atom. The molecule has 0 unspecified atom stereocenters. The first-order valence-corrected chi connectivity index (χ1v) is 8.63. The van der Waals surface area contributed by atoms with Gasteiger partial charge in [-0.15, -0.1) is 0 Å². The van der Waals surface area contributed by atoms with Crippen molar-refractivity contribution in [2.75, 3.05) is 26.2 Å². The molecule has 2 aromatic rings. The third kappa shape index (κ3) is 4.23. The minimum Gasteiger partial charge on any atom is -0.468 e. The highest BCUT2D eigenvalue weighted by Crippen LogP contribution is 2.14. The summed E-state index contributed by atoms with van der Waals surface area (Å²) in [4.78, 5) is 16.6. The predicted molar refractivity (Wildman–Crippen MR) is 89.8 cm³/mol. The quantitative estimate of drug-likeness (QED) is 0.798. The zero-order valence-electron chi connectivity index (χ0n) is 13.2. The zero-order chi connectivity index (χ0) is 16.2. The van der Waals surface area contributed by atoms with E-state index in [-0.39, 0.29) is 5.91 Å². The molecule has 0 aromatic carbocycles. The van der Waals surface area contributed by atoms with E-state index >= 15 is 0 Å². The fourth-order valence-electron chi connectivity index (χ4n) is 2.75. The van der Waals surface area contributed by atoms with E-state index in [1.807, 2.05) is 34.8 Å². The van der Waals surface area contributed by atoms with E-state index in [0.717, 1.165) is 48.7 Å². The van der Waals surface area contributed by atoms with Crippen LogP contribution in [0.15, 0.2) is 33.5 Å². The Morgan fingerprint density at radius 3 is 2.74 bits per heavy atom. The van der Waals surface area contributed by atoms with E-state index in [1.165, 1.54) is 0 Å². The molecule has 0 radical (unpaired) electrons. The van der Waals surface area contributed by atoms with Crippen LogP contribution in [-0.2, 0) is 17.9 Å². The topological polar surface area (TPSA) is 54.5 Å². The van der Waals surface area contributed by atoms with Gasteiger partial charge in [0.2, 0.25) is 5.91 Å². The molecule has 3 rings (SSSR count). The second-order valence-electron chi connectivity index (χ2n) is 5.81. The van der Waals surface area contributed by atoms with Gasteiger partial charge in [0.1, 0.15) is 5.76 Å². The summed E-state index contributed by atoms with van der Waals surface area (Å²) in [7, 11) is 0. The van der Waals surface area contributed by atoms with Crippen LogP contribution < -0.4 is 0 Å². The lowest BCUT2D eigenvalue weighted by Gasteiger charge is -2.34. The molecule has 124 valence electrons. The van der Waals surface area contributed by atoms with Crippen molar-refractivity contribution in [3.05, 3.63) is 40.5 Å². The fraction of sp³-hybridized carbons (Fsp3) is 0.500. The average Bonchev–Trinajstić information content (AvgIpc) is 3.16. The molecule has 1 saturated heterocycles. The van der Waals surface area contributed by atoms with Crippen molar-refractivity contribution in [3.8, 4) is 0 Å². The molecule has 1 amide bonds. The maximum atomic E-state index is 12.3. The summed E-state index contributed by atoms with van der Waals surface area (Å²) >= 11 is 3.44. The van der Waals surface area contributed by atoms with Gasteiger partial charge in [-0.2, -0.15) is 5.10 Å². The van der Waals surface area contributed by atoms with Gasteiger partial charge in [0, 0.05) is 45.3 Å². The third-order valence-corrected chi connectivity index (χ3v) is 4.90. The van der Waals surface area contributed by atoms with E-state index in [2.05, 4.69) is 25.9 Å². The zero-order valence-corrected chi connectivity index (χ0v) is 14.8. The highest BCUT2D eigenvalue weighted by Gasteiger charge is 2.21. The molecule has 7 heteroatoms.